The van der Waals surface area contributed by atoms with Crippen molar-refractivity contribution in [2.75, 3.05) is 5.32 Å². The van der Waals surface area contributed by atoms with E-state index in [1.807, 2.05) is 18.6 Å². The molecule has 0 radical (unpaired) electrons. The number of thiazole rings is 1. The van der Waals surface area contributed by atoms with Crippen molar-refractivity contribution in [3.05, 3.63) is 28.5 Å². The van der Waals surface area contributed by atoms with Crippen molar-refractivity contribution in [2.45, 2.75) is 52.6 Å². The highest BCUT2D eigenvalue weighted by molar-refractivity contribution is 7.11. The molecule has 0 saturated heterocycles. The number of hydrogen-bond donors (Lipinski definition) is 1. The van der Waals surface area contributed by atoms with Gasteiger partial charge >= 0.3 is 0 Å². The Morgan fingerprint density at radius 1 is 1.37 bits per heavy atom. The van der Waals surface area contributed by atoms with Crippen LogP contribution in [0.15, 0.2) is 18.6 Å². The molecule has 1 unspecified atom stereocenters. The number of aryl methyl sites for hydroxylation is 2. The fourth-order valence-corrected chi connectivity index (χ4v) is 2.76. The minimum Gasteiger partial charge on any atom is -0.347 e. The molecule has 0 aliphatic heterocycles. The van der Waals surface area contributed by atoms with Gasteiger partial charge in [0.25, 0.3) is 0 Å². The molecule has 2 aromatic rings. The van der Waals surface area contributed by atoms with Crippen LogP contribution in [0.25, 0.3) is 0 Å². The molecule has 0 saturated carbocycles. The van der Waals surface area contributed by atoms with Crippen molar-refractivity contribution in [3.8, 4) is 0 Å². The molecular weight excluding hydrogens is 256 g/mol. The molecule has 0 aromatic carbocycles. The van der Waals surface area contributed by atoms with Gasteiger partial charge in [0.15, 0.2) is 0 Å². The number of imidazole rings is 1. The molecule has 4 nitrogen and oxygen atoms in total. The Morgan fingerprint density at radius 3 is 2.89 bits per heavy atom. The number of aromatic nitrogens is 3. The summed E-state index contributed by atoms with van der Waals surface area (Å²) in [7, 11) is 0. The van der Waals surface area contributed by atoms with Crippen LogP contribution in [0.2, 0.25) is 0 Å². The molecule has 19 heavy (non-hydrogen) atoms. The fraction of sp³-hybridized carbons (Fsp3) is 0.571. The van der Waals surface area contributed by atoms with Crippen molar-refractivity contribution < 1.29 is 0 Å². The van der Waals surface area contributed by atoms with Gasteiger partial charge in [-0.3, -0.25) is 0 Å². The maximum atomic E-state index is 4.48. The summed E-state index contributed by atoms with van der Waals surface area (Å²) in [5, 5.41) is 4.58. The number of nitrogens with zero attached hydrogens (tertiary/aromatic N) is 3. The summed E-state index contributed by atoms with van der Waals surface area (Å²) in [5.41, 5.74) is 0. The maximum Gasteiger partial charge on any atom is 0.203 e. The van der Waals surface area contributed by atoms with Gasteiger partial charge in [-0.2, -0.15) is 0 Å². The van der Waals surface area contributed by atoms with Crippen LogP contribution in [0, 0.1) is 0 Å². The number of nitrogens with one attached hydrogen (secondary N) is 1. The SMILES string of the molecule is CCCCn1ccnc1NC(C)c1ncc(CC)s1. The van der Waals surface area contributed by atoms with Gasteiger partial charge in [-0.25, -0.2) is 9.97 Å². The standard InChI is InChI=1S/C14H22N4S/c1-4-6-8-18-9-7-15-14(18)17-11(3)13-16-10-12(5-2)19-13/h7,9-11H,4-6,8H2,1-3H3,(H,15,17). The molecule has 0 fully saturated rings. The van der Waals surface area contributed by atoms with E-state index in [4.69, 9.17) is 0 Å². The van der Waals surface area contributed by atoms with Crippen LogP contribution >= 0.6 is 11.3 Å². The molecule has 104 valence electrons. The Kier molecular flexibility index (Phi) is 4.96. The lowest BCUT2D eigenvalue weighted by atomic mass is 10.3. The normalized spacial score (nSPS) is 12.6. The zero-order valence-corrected chi connectivity index (χ0v) is 12.7. The molecule has 0 bridgehead atoms. The second kappa shape index (κ2) is 6.70. The summed E-state index contributed by atoms with van der Waals surface area (Å²) in [4.78, 5) is 10.2. The minimum atomic E-state index is 0.202. The van der Waals surface area contributed by atoms with Gasteiger partial charge in [0, 0.05) is 30.0 Å². The fourth-order valence-electron chi connectivity index (χ4n) is 1.90. The molecule has 0 aliphatic carbocycles. The van der Waals surface area contributed by atoms with Gasteiger partial charge in [-0.1, -0.05) is 20.3 Å². The summed E-state index contributed by atoms with van der Waals surface area (Å²) in [6.07, 6.45) is 9.28. The van der Waals surface area contributed by atoms with E-state index < -0.39 is 0 Å². The topological polar surface area (TPSA) is 42.7 Å². The van der Waals surface area contributed by atoms with Gasteiger partial charge in [0.05, 0.1) is 6.04 Å². The number of hydrogen-bond acceptors (Lipinski definition) is 4. The lowest BCUT2D eigenvalue weighted by Gasteiger charge is -2.13. The third kappa shape index (κ3) is 3.56. The van der Waals surface area contributed by atoms with E-state index in [9.17, 15) is 0 Å². The van der Waals surface area contributed by atoms with Crippen LogP contribution < -0.4 is 5.32 Å². The van der Waals surface area contributed by atoms with E-state index in [-0.39, 0.29) is 6.04 Å². The Bertz CT molecular complexity index is 503. The Balaban J connectivity index is 2.01. The van der Waals surface area contributed by atoms with Crippen molar-refractivity contribution in [1.29, 1.82) is 0 Å². The Labute approximate surface area is 118 Å². The predicted octanol–water partition coefficient (Wildman–Crippen LogP) is 3.88. The van der Waals surface area contributed by atoms with Crippen LogP contribution in [0.3, 0.4) is 0 Å². The highest BCUT2D eigenvalue weighted by Crippen LogP contribution is 2.23. The molecule has 0 amide bonds. The van der Waals surface area contributed by atoms with Crippen LogP contribution in [-0.2, 0) is 13.0 Å². The van der Waals surface area contributed by atoms with Gasteiger partial charge in [0.1, 0.15) is 5.01 Å². The van der Waals surface area contributed by atoms with E-state index in [0.29, 0.717) is 0 Å². The second-order valence-electron chi connectivity index (χ2n) is 4.68. The van der Waals surface area contributed by atoms with Gasteiger partial charge in [-0.15, -0.1) is 11.3 Å². The zero-order valence-electron chi connectivity index (χ0n) is 11.9. The first-order valence-corrected chi connectivity index (χ1v) is 7.78. The lowest BCUT2D eigenvalue weighted by molar-refractivity contribution is 0.630. The molecule has 1 atom stereocenters. The van der Waals surface area contributed by atoms with Crippen molar-refractivity contribution in [1.82, 2.24) is 14.5 Å². The summed E-state index contributed by atoms with van der Waals surface area (Å²) < 4.78 is 2.17. The summed E-state index contributed by atoms with van der Waals surface area (Å²) in [5.74, 6) is 0.939. The highest BCUT2D eigenvalue weighted by atomic mass is 32.1. The summed E-state index contributed by atoms with van der Waals surface area (Å²) in [6, 6.07) is 0.202. The van der Waals surface area contributed by atoms with Crippen molar-refractivity contribution in [3.63, 3.8) is 0 Å². The van der Waals surface area contributed by atoms with Gasteiger partial charge in [0.2, 0.25) is 5.95 Å². The van der Waals surface area contributed by atoms with Gasteiger partial charge in [-0.05, 0) is 19.8 Å². The van der Waals surface area contributed by atoms with Crippen molar-refractivity contribution in [2.24, 2.45) is 0 Å². The molecular formula is C14H22N4S. The van der Waals surface area contributed by atoms with E-state index in [0.717, 1.165) is 23.9 Å². The van der Waals surface area contributed by atoms with Crippen LogP contribution in [0.4, 0.5) is 5.95 Å². The largest absolute Gasteiger partial charge is 0.347 e. The minimum absolute atomic E-state index is 0.202. The first-order chi connectivity index (χ1) is 9.24. The zero-order chi connectivity index (χ0) is 13.7. The molecule has 2 aromatic heterocycles. The maximum absolute atomic E-state index is 4.48. The first kappa shape index (κ1) is 14.1. The van der Waals surface area contributed by atoms with Gasteiger partial charge < -0.3 is 9.88 Å². The lowest BCUT2D eigenvalue weighted by Crippen LogP contribution is -2.11. The Hall–Kier alpha value is -1.36. The predicted molar refractivity (Wildman–Crippen MR) is 80.7 cm³/mol. The molecule has 1 N–H and O–H groups in total. The molecule has 5 heteroatoms. The number of anilines is 1. The first-order valence-electron chi connectivity index (χ1n) is 6.96. The smallest absolute Gasteiger partial charge is 0.203 e. The van der Waals surface area contributed by atoms with E-state index >= 15 is 0 Å². The van der Waals surface area contributed by atoms with Crippen molar-refractivity contribution >= 4 is 17.3 Å². The highest BCUT2D eigenvalue weighted by Gasteiger charge is 2.12. The Morgan fingerprint density at radius 2 is 2.21 bits per heavy atom. The molecule has 0 spiro atoms. The summed E-state index contributed by atoms with van der Waals surface area (Å²) >= 11 is 1.78. The third-order valence-electron chi connectivity index (χ3n) is 3.10. The number of unbranched alkanes of at least 4 members (excludes halogenated alkanes) is 1. The molecule has 0 aliphatic rings. The van der Waals surface area contributed by atoms with E-state index in [1.54, 1.807) is 11.3 Å². The summed E-state index contributed by atoms with van der Waals surface area (Å²) in [6.45, 7) is 7.52. The second-order valence-corrected chi connectivity index (χ2v) is 5.83. The van der Waals surface area contributed by atoms with Crippen LogP contribution in [0.5, 0.6) is 0 Å². The monoisotopic (exact) mass is 278 g/mol. The molecule has 2 heterocycles. The average molecular weight is 278 g/mol. The average Bonchev–Trinajstić information content (AvgIpc) is 3.05. The molecule has 2 rings (SSSR count). The third-order valence-corrected chi connectivity index (χ3v) is 4.43. The number of rotatable bonds is 7. The van der Waals surface area contributed by atoms with Crippen LogP contribution in [-0.4, -0.2) is 14.5 Å². The van der Waals surface area contributed by atoms with Crippen LogP contribution in [0.1, 0.15) is 49.5 Å². The van der Waals surface area contributed by atoms with E-state index in [1.165, 1.54) is 17.7 Å². The van der Waals surface area contributed by atoms with E-state index in [2.05, 4.69) is 40.6 Å². The quantitative estimate of drug-likeness (QED) is 0.836.